The van der Waals surface area contributed by atoms with Crippen molar-refractivity contribution >= 4 is 35.3 Å². The molecule has 1 aromatic rings. The number of hydrogen-bond acceptors (Lipinski definition) is 2. The highest BCUT2D eigenvalue weighted by Gasteiger charge is 2.18. The molecular formula is C11H10Cl2O2. The van der Waals surface area contributed by atoms with E-state index in [1.807, 2.05) is 0 Å². The zero-order chi connectivity index (χ0) is 11.4. The molecule has 4 heteroatoms. The Labute approximate surface area is 98.2 Å². The second-order valence-corrected chi connectivity index (χ2v) is 3.85. The number of halogens is 2. The van der Waals surface area contributed by atoms with Crippen LogP contribution in [0.4, 0.5) is 0 Å². The number of ketones is 1. The highest BCUT2D eigenvalue weighted by molar-refractivity contribution is 6.31. The van der Waals surface area contributed by atoms with Crippen molar-refractivity contribution in [1.29, 1.82) is 0 Å². The van der Waals surface area contributed by atoms with E-state index in [2.05, 4.69) is 0 Å². The summed E-state index contributed by atoms with van der Waals surface area (Å²) < 4.78 is 0. The molecule has 1 unspecified atom stereocenters. The molecule has 0 aliphatic heterocycles. The molecule has 0 heterocycles. The first-order valence-corrected chi connectivity index (χ1v) is 5.36. The van der Waals surface area contributed by atoms with Crippen LogP contribution in [0.2, 0.25) is 0 Å². The van der Waals surface area contributed by atoms with Gasteiger partial charge < -0.3 is 0 Å². The highest BCUT2D eigenvalue weighted by atomic mass is 35.5. The molecule has 0 aliphatic carbocycles. The Morgan fingerprint density at radius 1 is 1.53 bits per heavy atom. The molecule has 80 valence electrons. The van der Waals surface area contributed by atoms with Gasteiger partial charge in [0.1, 0.15) is 5.38 Å². The van der Waals surface area contributed by atoms with Gasteiger partial charge in [-0.25, -0.2) is 0 Å². The summed E-state index contributed by atoms with van der Waals surface area (Å²) in [4.78, 5) is 22.0. The molecule has 0 spiro atoms. The van der Waals surface area contributed by atoms with E-state index in [-0.39, 0.29) is 11.7 Å². The number of alkyl halides is 2. The van der Waals surface area contributed by atoms with Crippen molar-refractivity contribution in [2.75, 3.05) is 0 Å². The number of benzene rings is 1. The van der Waals surface area contributed by atoms with Crippen molar-refractivity contribution in [3.05, 3.63) is 34.9 Å². The molecule has 0 radical (unpaired) electrons. The molecule has 0 fully saturated rings. The third-order valence-corrected chi connectivity index (χ3v) is 2.95. The fourth-order valence-corrected chi connectivity index (χ4v) is 1.76. The Kier molecular flexibility index (Phi) is 4.30. The molecule has 0 aromatic heterocycles. The summed E-state index contributed by atoms with van der Waals surface area (Å²) in [6.45, 7) is 1.39. The number of rotatable bonds is 4. The normalized spacial score (nSPS) is 12.2. The first kappa shape index (κ1) is 12.2. The van der Waals surface area contributed by atoms with Crippen molar-refractivity contribution in [3.8, 4) is 0 Å². The second-order valence-electron chi connectivity index (χ2n) is 3.14. The molecule has 0 amide bonds. The maximum absolute atomic E-state index is 11.1. The van der Waals surface area contributed by atoms with Gasteiger partial charge in [0, 0.05) is 11.4 Å². The molecule has 1 atom stereocenters. The first-order valence-electron chi connectivity index (χ1n) is 4.39. The maximum atomic E-state index is 11.1. The predicted octanol–water partition coefficient (Wildman–Crippen LogP) is 3.11. The van der Waals surface area contributed by atoms with Gasteiger partial charge >= 0.3 is 0 Å². The number of carbonyl (C=O) groups excluding carboxylic acids is 2. The molecule has 0 bridgehead atoms. The average Bonchev–Trinajstić information content (AvgIpc) is 2.26. The second kappa shape index (κ2) is 5.29. The average molecular weight is 245 g/mol. The zero-order valence-electron chi connectivity index (χ0n) is 8.17. The van der Waals surface area contributed by atoms with Crippen LogP contribution >= 0.6 is 23.2 Å². The minimum absolute atomic E-state index is 0.188. The summed E-state index contributed by atoms with van der Waals surface area (Å²) in [5.41, 5.74) is 1.64. The Bertz CT molecular complexity index is 388. The van der Waals surface area contributed by atoms with Gasteiger partial charge in [0.25, 0.3) is 0 Å². The van der Waals surface area contributed by atoms with Crippen LogP contribution in [-0.2, 0) is 10.7 Å². The molecule has 0 N–H and O–H groups in total. The maximum Gasteiger partial charge on any atom is 0.152 e. The lowest BCUT2D eigenvalue weighted by Crippen LogP contribution is -2.06. The first-order chi connectivity index (χ1) is 7.11. The lowest BCUT2D eigenvalue weighted by molar-refractivity contribution is -0.116. The van der Waals surface area contributed by atoms with Crippen LogP contribution in [0.3, 0.4) is 0 Å². The van der Waals surface area contributed by atoms with Crippen LogP contribution in [0.5, 0.6) is 0 Å². The number of carbonyl (C=O) groups is 2. The number of aldehydes is 1. The predicted molar refractivity (Wildman–Crippen MR) is 60.7 cm³/mol. The van der Waals surface area contributed by atoms with E-state index in [0.717, 1.165) is 0 Å². The van der Waals surface area contributed by atoms with Crippen molar-refractivity contribution < 1.29 is 9.59 Å². The van der Waals surface area contributed by atoms with Crippen LogP contribution in [0.25, 0.3) is 0 Å². The number of hydrogen-bond donors (Lipinski definition) is 0. The van der Waals surface area contributed by atoms with Crippen molar-refractivity contribution in [3.63, 3.8) is 0 Å². The van der Waals surface area contributed by atoms with E-state index in [1.54, 1.807) is 18.2 Å². The molecule has 0 saturated carbocycles. The van der Waals surface area contributed by atoms with Crippen molar-refractivity contribution in [2.24, 2.45) is 0 Å². The third kappa shape index (κ3) is 2.58. The van der Waals surface area contributed by atoms with Crippen LogP contribution in [0.1, 0.15) is 33.8 Å². The van der Waals surface area contributed by atoms with Crippen LogP contribution in [-0.4, -0.2) is 12.1 Å². The van der Waals surface area contributed by atoms with Gasteiger partial charge in [0.05, 0.1) is 0 Å². The highest BCUT2D eigenvalue weighted by Crippen LogP contribution is 2.26. The molecule has 0 saturated heterocycles. The quantitative estimate of drug-likeness (QED) is 0.603. The van der Waals surface area contributed by atoms with E-state index in [1.165, 1.54) is 6.92 Å². The van der Waals surface area contributed by atoms with Gasteiger partial charge in [0.15, 0.2) is 12.1 Å². The Hall–Kier alpha value is -0.860. The summed E-state index contributed by atoms with van der Waals surface area (Å²) in [6, 6.07) is 5.14. The lowest BCUT2D eigenvalue weighted by atomic mass is 9.99. The Morgan fingerprint density at radius 3 is 2.67 bits per heavy atom. The third-order valence-electron chi connectivity index (χ3n) is 2.12. The molecule has 1 rings (SSSR count). The molecule has 1 aromatic carbocycles. The smallest absolute Gasteiger partial charge is 0.152 e. The monoisotopic (exact) mass is 244 g/mol. The van der Waals surface area contributed by atoms with E-state index < -0.39 is 5.38 Å². The Balaban J connectivity index is 3.28. The standard InChI is InChI=1S/C11H10Cl2O2/c1-7(15)11(13)9-4-2-3-8(5-12)10(9)6-14/h2-4,6,11H,5H2,1H3. The largest absolute Gasteiger partial charge is 0.298 e. The van der Waals surface area contributed by atoms with Crippen molar-refractivity contribution in [2.45, 2.75) is 18.2 Å². The summed E-state index contributed by atoms with van der Waals surface area (Å²) in [5, 5.41) is -0.784. The molecule has 0 aliphatic rings. The summed E-state index contributed by atoms with van der Waals surface area (Å²) >= 11 is 11.6. The minimum Gasteiger partial charge on any atom is -0.298 e. The summed E-state index contributed by atoms with van der Waals surface area (Å²) in [6.07, 6.45) is 0.686. The molecule has 2 nitrogen and oxygen atoms in total. The zero-order valence-corrected chi connectivity index (χ0v) is 9.68. The molecular weight excluding hydrogens is 235 g/mol. The van der Waals surface area contributed by atoms with Crippen LogP contribution in [0.15, 0.2) is 18.2 Å². The van der Waals surface area contributed by atoms with Gasteiger partial charge in [-0.15, -0.1) is 23.2 Å². The van der Waals surface area contributed by atoms with Gasteiger partial charge in [0.2, 0.25) is 0 Å². The van der Waals surface area contributed by atoms with Gasteiger partial charge in [-0.2, -0.15) is 0 Å². The van der Waals surface area contributed by atoms with Gasteiger partial charge in [-0.3, -0.25) is 9.59 Å². The summed E-state index contributed by atoms with van der Waals surface area (Å²) in [5.74, 6) is 0.0372. The Morgan fingerprint density at radius 2 is 2.20 bits per heavy atom. The molecule has 15 heavy (non-hydrogen) atoms. The fraction of sp³-hybridized carbons (Fsp3) is 0.273. The van der Waals surface area contributed by atoms with Crippen LogP contribution < -0.4 is 0 Å². The SMILES string of the molecule is CC(=O)C(Cl)c1cccc(CCl)c1C=O. The topological polar surface area (TPSA) is 34.1 Å². The fourth-order valence-electron chi connectivity index (χ4n) is 1.33. The lowest BCUT2D eigenvalue weighted by Gasteiger charge is -2.11. The van der Waals surface area contributed by atoms with Crippen molar-refractivity contribution in [1.82, 2.24) is 0 Å². The van der Waals surface area contributed by atoms with Gasteiger partial charge in [-0.05, 0) is 18.1 Å². The van der Waals surface area contributed by atoms with Gasteiger partial charge in [-0.1, -0.05) is 18.2 Å². The minimum atomic E-state index is -0.784. The van der Waals surface area contributed by atoms with E-state index in [0.29, 0.717) is 23.0 Å². The van der Waals surface area contributed by atoms with E-state index >= 15 is 0 Å². The van der Waals surface area contributed by atoms with E-state index in [4.69, 9.17) is 23.2 Å². The van der Waals surface area contributed by atoms with E-state index in [9.17, 15) is 9.59 Å². The van der Waals surface area contributed by atoms with Crippen LogP contribution in [0, 0.1) is 0 Å². The number of Topliss-reactive ketones (excluding diaryl/α,β-unsaturated/α-hetero) is 1. The summed E-state index contributed by atoms with van der Waals surface area (Å²) in [7, 11) is 0.